The second kappa shape index (κ2) is 15.6. The molecule has 0 radical (unpaired) electrons. The van der Waals surface area contributed by atoms with Crippen LogP contribution >= 0.6 is 0 Å². The van der Waals surface area contributed by atoms with Crippen LogP contribution in [0.3, 0.4) is 0 Å². The molecule has 2 aliphatic heterocycles. The van der Waals surface area contributed by atoms with Crippen LogP contribution in [0.1, 0.15) is 36.5 Å². The van der Waals surface area contributed by atoms with E-state index >= 15 is 0 Å². The van der Waals surface area contributed by atoms with Crippen molar-refractivity contribution in [1.82, 2.24) is 24.3 Å². The fourth-order valence-electron chi connectivity index (χ4n) is 6.50. The van der Waals surface area contributed by atoms with Crippen LogP contribution < -0.4 is 15.6 Å². The van der Waals surface area contributed by atoms with Crippen molar-refractivity contribution in [2.75, 3.05) is 68.7 Å². The Balaban J connectivity index is 1.03. The van der Waals surface area contributed by atoms with Gasteiger partial charge in [0, 0.05) is 74.8 Å². The van der Waals surface area contributed by atoms with E-state index in [1.807, 2.05) is 43.3 Å². The van der Waals surface area contributed by atoms with Crippen LogP contribution in [-0.4, -0.2) is 110 Å². The Kier molecular flexibility index (Phi) is 11.1. The number of carbonyl (C=O) groups is 2. The highest BCUT2D eigenvalue weighted by Gasteiger charge is 2.35. The lowest BCUT2D eigenvalue weighted by atomic mass is 9.90. The van der Waals surface area contributed by atoms with E-state index in [0.717, 1.165) is 43.0 Å². The zero-order valence-electron chi connectivity index (χ0n) is 28.6. The maximum atomic E-state index is 13.4. The molecular formula is C37H45N7O5S. The molecule has 0 aliphatic carbocycles. The van der Waals surface area contributed by atoms with Gasteiger partial charge in [0.2, 0.25) is 5.91 Å². The van der Waals surface area contributed by atoms with Crippen molar-refractivity contribution in [3.05, 3.63) is 89.0 Å². The highest BCUT2D eigenvalue weighted by atomic mass is 32.2. The molecule has 3 heterocycles. The summed E-state index contributed by atoms with van der Waals surface area (Å²) in [7, 11) is 0.924. The van der Waals surface area contributed by atoms with Crippen molar-refractivity contribution in [3.8, 4) is 11.1 Å². The van der Waals surface area contributed by atoms with Gasteiger partial charge in [-0.05, 0) is 61.9 Å². The molecule has 50 heavy (non-hydrogen) atoms. The van der Waals surface area contributed by atoms with E-state index in [-0.39, 0.29) is 23.9 Å². The molecule has 6 rings (SSSR count). The number of hydrogen-bond donors (Lipinski definition) is 3. The number of carbonyl (C=O) groups excluding carboxylic acids is 2. The molecular weight excluding hydrogens is 655 g/mol. The number of nitrogens with one attached hydrogen (secondary N) is 2. The standard InChI is InChI=1S/C37H45N7O5S/c1-3-50(49)40-32-7-5-4-6-30(32)27-8-10-28(11-9-27)35(46)43-18-15-37(48,16-19-43)25-44-26-38-33-24-29(12-13-31(33)36(44)47)39-34(45)14-17-42-22-20-41(2)21-23-42/h4-13,24,26,40,48H,3,14-23,25H2,1-2H3,(H,39,45). The second-order valence-corrected chi connectivity index (χ2v) is 14.7. The van der Waals surface area contributed by atoms with Crippen LogP contribution in [0.25, 0.3) is 22.0 Å². The lowest BCUT2D eigenvalue weighted by Gasteiger charge is -2.38. The van der Waals surface area contributed by atoms with Gasteiger partial charge in [0.15, 0.2) is 0 Å². The van der Waals surface area contributed by atoms with E-state index in [4.69, 9.17) is 0 Å². The summed E-state index contributed by atoms with van der Waals surface area (Å²) < 4.78 is 16.6. The molecule has 0 saturated carbocycles. The van der Waals surface area contributed by atoms with E-state index in [1.54, 1.807) is 35.2 Å². The molecule has 3 N–H and O–H groups in total. The molecule has 2 amide bonds. The summed E-state index contributed by atoms with van der Waals surface area (Å²) in [5.74, 6) is 0.286. The Morgan fingerprint density at radius 3 is 2.40 bits per heavy atom. The Morgan fingerprint density at radius 2 is 1.68 bits per heavy atom. The van der Waals surface area contributed by atoms with Gasteiger partial charge in [-0.1, -0.05) is 37.3 Å². The van der Waals surface area contributed by atoms with Gasteiger partial charge >= 0.3 is 0 Å². The molecule has 4 aromatic rings. The average molecular weight is 700 g/mol. The number of para-hydroxylation sites is 1. The van der Waals surface area contributed by atoms with Crippen molar-refractivity contribution < 1.29 is 18.9 Å². The van der Waals surface area contributed by atoms with Crippen LogP contribution in [0.5, 0.6) is 0 Å². The molecule has 2 fully saturated rings. The Morgan fingerprint density at radius 1 is 0.960 bits per heavy atom. The maximum absolute atomic E-state index is 13.4. The van der Waals surface area contributed by atoms with Gasteiger partial charge < -0.3 is 29.8 Å². The summed E-state index contributed by atoms with van der Waals surface area (Å²) in [6.45, 7) is 7.23. The molecule has 3 aromatic carbocycles. The third kappa shape index (κ3) is 8.47. The summed E-state index contributed by atoms with van der Waals surface area (Å²) in [5.41, 5.74) is 2.72. The SMILES string of the molecule is CCS(=O)Nc1ccccc1-c1ccc(C(=O)N2CCC(O)(Cn3cnc4cc(NC(=O)CCN5CCN(C)CC5)ccc4c3=O)CC2)cc1. The number of aromatic nitrogens is 2. The Hall–Kier alpha value is -4.43. The summed E-state index contributed by atoms with van der Waals surface area (Å²) in [5, 5.41) is 14.8. The third-order valence-corrected chi connectivity index (χ3v) is 10.6. The zero-order chi connectivity index (χ0) is 35.3. The normalized spacial score (nSPS) is 17.4. The maximum Gasteiger partial charge on any atom is 0.261 e. The monoisotopic (exact) mass is 699 g/mol. The third-order valence-electron chi connectivity index (χ3n) is 9.66. The van der Waals surface area contributed by atoms with Crippen molar-refractivity contribution in [2.45, 2.75) is 38.3 Å². The lowest BCUT2D eigenvalue weighted by Crippen LogP contribution is -2.49. The van der Waals surface area contributed by atoms with Crippen molar-refractivity contribution >= 4 is 45.1 Å². The molecule has 0 bridgehead atoms. The number of likely N-dealkylation sites (tertiary alicyclic amines) is 1. The van der Waals surface area contributed by atoms with Crippen LogP contribution in [-0.2, 0) is 22.3 Å². The molecule has 0 spiro atoms. The molecule has 1 atom stereocenters. The molecule has 1 aromatic heterocycles. The minimum Gasteiger partial charge on any atom is -0.388 e. The van der Waals surface area contributed by atoms with Crippen LogP contribution in [0.2, 0.25) is 0 Å². The molecule has 2 aliphatic rings. The average Bonchev–Trinajstić information content (AvgIpc) is 3.13. The van der Waals surface area contributed by atoms with E-state index in [0.29, 0.717) is 66.8 Å². The highest BCUT2D eigenvalue weighted by molar-refractivity contribution is 7.86. The number of piperazine rings is 1. The molecule has 1 unspecified atom stereocenters. The van der Waals surface area contributed by atoms with Gasteiger partial charge in [0.1, 0.15) is 11.0 Å². The van der Waals surface area contributed by atoms with Crippen molar-refractivity contribution in [2.24, 2.45) is 0 Å². The molecule has 264 valence electrons. The van der Waals surface area contributed by atoms with Gasteiger partial charge in [-0.3, -0.25) is 19.0 Å². The van der Waals surface area contributed by atoms with Gasteiger partial charge in [-0.15, -0.1) is 0 Å². The first-order chi connectivity index (χ1) is 24.1. The highest BCUT2D eigenvalue weighted by Crippen LogP contribution is 2.30. The number of aliphatic hydroxyl groups is 1. The first kappa shape index (κ1) is 35.4. The minimum absolute atomic E-state index is 0.0620. The van der Waals surface area contributed by atoms with Crippen LogP contribution in [0.15, 0.2) is 77.9 Å². The lowest BCUT2D eigenvalue weighted by molar-refractivity contribution is -0.116. The summed E-state index contributed by atoms with van der Waals surface area (Å²) in [4.78, 5) is 50.1. The summed E-state index contributed by atoms with van der Waals surface area (Å²) >= 11 is 0. The quantitative estimate of drug-likeness (QED) is 0.217. The number of hydrogen-bond acceptors (Lipinski definition) is 8. The van der Waals surface area contributed by atoms with E-state index in [9.17, 15) is 23.7 Å². The number of benzene rings is 3. The summed E-state index contributed by atoms with van der Waals surface area (Å²) in [6, 6.07) is 20.0. The molecule has 2 saturated heterocycles. The van der Waals surface area contributed by atoms with Crippen molar-refractivity contribution in [1.29, 1.82) is 0 Å². The first-order valence-electron chi connectivity index (χ1n) is 17.2. The van der Waals surface area contributed by atoms with E-state index in [2.05, 4.69) is 31.9 Å². The van der Waals surface area contributed by atoms with Crippen LogP contribution in [0.4, 0.5) is 11.4 Å². The van der Waals surface area contributed by atoms with E-state index in [1.165, 1.54) is 10.9 Å². The number of anilines is 2. The zero-order valence-corrected chi connectivity index (χ0v) is 29.5. The summed E-state index contributed by atoms with van der Waals surface area (Å²) in [6.07, 6.45) is 2.46. The minimum atomic E-state index is -1.18. The van der Waals surface area contributed by atoms with E-state index < -0.39 is 16.6 Å². The van der Waals surface area contributed by atoms with Gasteiger partial charge in [0.05, 0.1) is 35.1 Å². The second-order valence-electron chi connectivity index (χ2n) is 13.2. The number of amides is 2. The number of rotatable bonds is 11. The largest absolute Gasteiger partial charge is 0.388 e. The Bertz CT molecular complexity index is 1920. The fraction of sp³-hybridized carbons (Fsp3) is 0.405. The number of piperidine rings is 1. The topological polar surface area (TPSA) is 140 Å². The van der Waals surface area contributed by atoms with Crippen molar-refractivity contribution in [3.63, 3.8) is 0 Å². The predicted molar refractivity (Wildman–Crippen MR) is 197 cm³/mol. The first-order valence-corrected chi connectivity index (χ1v) is 18.5. The number of likely N-dealkylation sites (N-methyl/N-ethyl adjacent to an activating group) is 1. The smallest absolute Gasteiger partial charge is 0.261 e. The van der Waals surface area contributed by atoms with Gasteiger partial charge in [-0.2, -0.15) is 0 Å². The number of fused-ring (bicyclic) bond motifs is 1. The van der Waals surface area contributed by atoms with Gasteiger partial charge in [0.25, 0.3) is 11.5 Å². The van der Waals surface area contributed by atoms with Gasteiger partial charge in [-0.25, -0.2) is 9.19 Å². The fourth-order valence-corrected chi connectivity index (χ4v) is 7.07. The molecule has 12 nitrogen and oxygen atoms in total. The Labute approximate surface area is 294 Å². The predicted octanol–water partition coefficient (Wildman–Crippen LogP) is 3.40. The molecule has 13 heteroatoms. The number of nitrogens with zero attached hydrogens (tertiary/aromatic N) is 5. The van der Waals surface area contributed by atoms with Crippen LogP contribution in [0, 0.1) is 0 Å².